The van der Waals surface area contributed by atoms with Gasteiger partial charge in [0.15, 0.2) is 11.6 Å². The summed E-state index contributed by atoms with van der Waals surface area (Å²) in [5, 5.41) is 22.0. The Balaban J connectivity index is 2.22. The number of nitrogens with one attached hydrogen (secondary N) is 1. The summed E-state index contributed by atoms with van der Waals surface area (Å²) in [7, 11) is 0. The molecule has 1 atom stereocenters. The Morgan fingerprint density at radius 2 is 1.76 bits per heavy atom. The number of aliphatic carboxylic acids is 1. The van der Waals surface area contributed by atoms with Crippen molar-refractivity contribution in [2.24, 2.45) is 0 Å². The predicted octanol–water partition coefficient (Wildman–Crippen LogP) is 4.87. The highest BCUT2D eigenvalue weighted by Crippen LogP contribution is 2.37. The molecule has 3 aromatic rings. The summed E-state index contributed by atoms with van der Waals surface area (Å²) >= 11 is 12.0. The number of carbonyl (C=O) groups is 3. The molecule has 0 fully saturated rings. The van der Waals surface area contributed by atoms with Crippen LogP contribution in [0.5, 0.6) is 5.75 Å². The summed E-state index contributed by atoms with van der Waals surface area (Å²) in [6.45, 7) is 5.63. The van der Waals surface area contributed by atoms with Crippen LogP contribution < -0.4 is 5.32 Å². The van der Waals surface area contributed by atoms with Crippen LogP contribution in [0.3, 0.4) is 0 Å². The number of aromatic nitrogens is 1. The number of phenolic OH excluding ortho intramolecular Hbond substituents is 1. The number of hydrogen-bond acceptors (Lipinski definition) is 4. The summed E-state index contributed by atoms with van der Waals surface area (Å²) in [6, 6.07) is 6.77. The number of aromatic hydroxyl groups is 1. The Kier molecular flexibility index (Phi) is 6.46. The quantitative estimate of drug-likeness (QED) is 0.468. The lowest BCUT2D eigenvalue weighted by Crippen LogP contribution is -2.50. The highest BCUT2D eigenvalue weighted by atomic mass is 35.5. The number of benzene rings is 2. The molecule has 0 aliphatic carbocycles. The third-order valence-corrected chi connectivity index (χ3v) is 6.24. The van der Waals surface area contributed by atoms with Gasteiger partial charge in [0.05, 0.1) is 21.5 Å². The summed E-state index contributed by atoms with van der Waals surface area (Å²) in [5.41, 5.74) is -0.875. The molecule has 1 amide bonds. The maximum atomic E-state index is 15.1. The molecule has 0 radical (unpaired) electrons. The van der Waals surface area contributed by atoms with Crippen LogP contribution in [-0.4, -0.2) is 38.1 Å². The van der Waals surface area contributed by atoms with Crippen molar-refractivity contribution in [3.05, 3.63) is 63.0 Å². The third-order valence-electron chi connectivity index (χ3n) is 5.50. The Bertz CT molecular complexity index is 1320. The molecule has 1 unspecified atom stereocenters. The Morgan fingerprint density at radius 3 is 2.33 bits per heavy atom. The molecule has 0 aliphatic rings. The van der Waals surface area contributed by atoms with Gasteiger partial charge in [-0.1, -0.05) is 23.2 Å². The fourth-order valence-corrected chi connectivity index (χ4v) is 3.93. The predicted molar refractivity (Wildman–Crippen MR) is 123 cm³/mol. The van der Waals surface area contributed by atoms with Crippen molar-refractivity contribution >= 4 is 51.9 Å². The molecule has 1 aromatic heterocycles. The van der Waals surface area contributed by atoms with E-state index >= 15 is 4.39 Å². The smallest absolute Gasteiger partial charge is 0.328 e. The van der Waals surface area contributed by atoms with Crippen LogP contribution in [0.15, 0.2) is 30.3 Å². The van der Waals surface area contributed by atoms with E-state index in [4.69, 9.17) is 23.2 Å². The van der Waals surface area contributed by atoms with Crippen molar-refractivity contribution in [3.63, 3.8) is 0 Å². The molecule has 10 heteroatoms. The molecule has 33 heavy (non-hydrogen) atoms. The number of carboxylic acids is 1. The van der Waals surface area contributed by atoms with Gasteiger partial charge < -0.3 is 15.5 Å². The normalized spacial score (nSPS) is 12.6. The van der Waals surface area contributed by atoms with E-state index in [1.165, 1.54) is 56.5 Å². The zero-order valence-electron chi connectivity index (χ0n) is 18.2. The number of hydrogen-bond donors (Lipinski definition) is 3. The van der Waals surface area contributed by atoms with E-state index in [1.54, 1.807) is 0 Å². The first-order chi connectivity index (χ1) is 15.3. The largest absolute Gasteiger partial charge is 0.505 e. The molecule has 0 spiro atoms. The summed E-state index contributed by atoms with van der Waals surface area (Å²) < 4.78 is 16.3. The zero-order chi connectivity index (χ0) is 24.8. The first-order valence-electron chi connectivity index (χ1n) is 9.85. The number of carboxylic acid groups (broad SMARTS) is 1. The number of rotatable bonds is 5. The lowest BCUT2D eigenvalue weighted by molar-refractivity contribution is -0.146. The molecule has 3 N–H and O–H groups in total. The van der Waals surface area contributed by atoms with Gasteiger partial charge in [-0.3, -0.25) is 14.2 Å². The van der Waals surface area contributed by atoms with Gasteiger partial charge in [0.1, 0.15) is 5.54 Å². The first-order valence-corrected chi connectivity index (χ1v) is 10.6. The van der Waals surface area contributed by atoms with Crippen molar-refractivity contribution in [2.75, 3.05) is 0 Å². The van der Waals surface area contributed by atoms with Crippen molar-refractivity contribution in [1.82, 2.24) is 9.88 Å². The van der Waals surface area contributed by atoms with Crippen LogP contribution in [0.2, 0.25) is 10.0 Å². The Hall–Kier alpha value is -3.10. The minimum Gasteiger partial charge on any atom is -0.505 e. The van der Waals surface area contributed by atoms with Crippen molar-refractivity contribution < 1.29 is 29.0 Å². The van der Waals surface area contributed by atoms with Crippen LogP contribution >= 0.6 is 23.2 Å². The standard InChI is InChI=1S/C23H21Cl2FN2O5/c1-10(20(30)27-23(3,4)22(32)33)17-11(2)28(15-7-8-16(29)19(26)18(15)17)21(31)12-5-6-13(24)14(25)9-12/h5-10,29H,1-4H3,(H,27,30)(H,32,33). The van der Waals surface area contributed by atoms with Gasteiger partial charge in [-0.2, -0.15) is 0 Å². The van der Waals surface area contributed by atoms with Crippen LogP contribution in [0, 0.1) is 12.7 Å². The average Bonchev–Trinajstić information content (AvgIpc) is 3.03. The summed E-state index contributed by atoms with van der Waals surface area (Å²) in [6.07, 6.45) is 0. The van der Waals surface area contributed by atoms with Crippen LogP contribution in [0.4, 0.5) is 4.39 Å². The molecule has 0 bridgehead atoms. The lowest BCUT2D eigenvalue weighted by atomic mass is 9.95. The molecule has 2 aromatic carbocycles. The molecule has 0 saturated carbocycles. The molecule has 1 heterocycles. The fraction of sp³-hybridized carbons (Fsp3) is 0.261. The minimum absolute atomic E-state index is 0.114. The van der Waals surface area contributed by atoms with Crippen molar-refractivity contribution in [1.29, 1.82) is 0 Å². The second-order valence-electron chi connectivity index (χ2n) is 8.20. The van der Waals surface area contributed by atoms with E-state index in [0.717, 1.165) is 6.07 Å². The fourth-order valence-electron chi connectivity index (χ4n) is 3.63. The maximum Gasteiger partial charge on any atom is 0.328 e. The van der Waals surface area contributed by atoms with Crippen molar-refractivity contribution in [3.8, 4) is 5.75 Å². The number of fused-ring (bicyclic) bond motifs is 1. The lowest BCUT2D eigenvalue weighted by Gasteiger charge is -2.23. The number of halogens is 3. The van der Waals surface area contributed by atoms with Gasteiger partial charge >= 0.3 is 5.97 Å². The van der Waals surface area contributed by atoms with Crippen LogP contribution in [0.25, 0.3) is 10.9 Å². The van der Waals surface area contributed by atoms with Gasteiger partial charge in [0.2, 0.25) is 5.91 Å². The van der Waals surface area contributed by atoms with E-state index in [0.29, 0.717) is 0 Å². The van der Waals surface area contributed by atoms with Gasteiger partial charge in [-0.25, -0.2) is 9.18 Å². The number of carbonyl (C=O) groups excluding carboxylic acids is 2. The highest BCUT2D eigenvalue weighted by Gasteiger charge is 2.34. The zero-order valence-corrected chi connectivity index (χ0v) is 19.7. The van der Waals surface area contributed by atoms with Gasteiger partial charge in [0, 0.05) is 16.6 Å². The molecule has 0 saturated heterocycles. The molecule has 3 rings (SSSR count). The van der Waals surface area contributed by atoms with Crippen molar-refractivity contribution in [2.45, 2.75) is 39.2 Å². The van der Waals surface area contributed by atoms with E-state index in [1.807, 2.05) is 0 Å². The monoisotopic (exact) mass is 494 g/mol. The number of phenols is 1. The molecule has 174 valence electrons. The van der Waals surface area contributed by atoms with E-state index in [2.05, 4.69) is 5.32 Å². The Morgan fingerprint density at radius 1 is 1.12 bits per heavy atom. The molecule has 7 nitrogen and oxygen atoms in total. The number of nitrogens with zero attached hydrogens (tertiary/aromatic N) is 1. The van der Waals surface area contributed by atoms with E-state index in [9.17, 15) is 24.6 Å². The maximum absolute atomic E-state index is 15.1. The topological polar surface area (TPSA) is 109 Å². The Labute approximate surface area is 198 Å². The summed E-state index contributed by atoms with van der Waals surface area (Å²) in [4.78, 5) is 37.7. The summed E-state index contributed by atoms with van der Waals surface area (Å²) in [5.74, 6) is -5.18. The highest BCUT2D eigenvalue weighted by molar-refractivity contribution is 6.42. The average molecular weight is 495 g/mol. The first kappa shape index (κ1) is 24.5. The SMILES string of the molecule is Cc1c(C(C)C(=O)NC(C)(C)C(=O)O)c2c(F)c(O)ccc2n1C(=O)c1ccc(Cl)c(Cl)c1. The van der Waals surface area contributed by atoms with E-state index < -0.39 is 40.8 Å². The van der Waals surface area contributed by atoms with Crippen LogP contribution in [-0.2, 0) is 9.59 Å². The second kappa shape index (κ2) is 8.68. The van der Waals surface area contributed by atoms with Gasteiger partial charge in [-0.05, 0) is 63.6 Å². The van der Waals surface area contributed by atoms with E-state index in [-0.39, 0.29) is 37.8 Å². The molecular weight excluding hydrogens is 474 g/mol. The van der Waals surface area contributed by atoms with Gasteiger partial charge in [0.25, 0.3) is 5.91 Å². The van der Waals surface area contributed by atoms with Gasteiger partial charge in [-0.15, -0.1) is 0 Å². The second-order valence-corrected chi connectivity index (χ2v) is 9.02. The molecular formula is C23H21Cl2FN2O5. The number of amides is 1. The van der Waals surface area contributed by atoms with Crippen LogP contribution in [0.1, 0.15) is 48.3 Å². The molecule has 0 aliphatic heterocycles. The third kappa shape index (κ3) is 4.28. The minimum atomic E-state index is -1.58.